The molecule has 0 aromatic heterocycles. The molecule has 1 rings (SSSR count). The Bertz CT molecular complexity index is 510. The molecule has 0 heterocycles. The Morgan fingerprint density at radius 3 is 2.75 bits per heavy atom. The molecule has 1 aromatic rings. The molecule has 0 saturated carbocycles. The number of aliphatic hydroxyl groups is 1. The lowest BCUT2D eigenvalue weighted by Gasteiger charge is -2.18. The molecule has 0 aliphatic carbocycles. The number of nitrogens with one attached hydrogen (secondary N) is 1. The van der Waals surface area contributed by atoms with Crippen LogP contribution in [-0.2, 0) is 16.1 Å². The summed E-state index contributed by atoms with van der Waals surface area (Å²) in [5, 5.41) is 11.6. The van der Waals surface area contributed by atoms with Crippen molar-refractivity contribution in [2.75, 3.05) is 0 Å². The summed E-state index contributed by atoms with van der Waals surface area (Å²) in [5.41, 5.74) is 4.95. The first-order valence-electron chi connectivity index (χ1n) is 5.67. The average molecular weight is 305 g/mol. The quantitative estimate of drug-likeness (QED) is 0.753. The molecule has 0 spiro atoms. The van der Waals surface area contributed by atoms with E-state index in [9.17, 15) is 19.1 Å². The smallest absolute Gasteiger partial charge is 0.405 e. The van der Waals surface area contributed by atoms with Crippen LogP contribution in [0.25, 0.3) is 0 Å². The zero-order chi connectivity index (χ0) is 15.3. The molecule has 4 N–H and O–H groups in total. The minimum Gasteiger partial charge on any atom is -0.433 e. The van der Waals surface area contributed by atoms with Gasteiger partial charge in [0.2, 0.25) is 6.10 Å². The first-order chi connectivity index (χ1) is 9.32. The second kappa shape index (κ2) is 7.06. The van der Waals surface area contributed by atoms with Gasteiger partial charge in [-0.2, -0.15) is 0 Å². The third kappa shape index (κ3) is 4.36. The maximum atomic E-state index is 13.6. The maximum Gasteiger partial charge on any atom is 0.405 e. The summed E-state index contributed by atoms with van der Waals surface area (Å²) in [6.45, 7) is 1.09. The van der Waals surface area contributed by atoms with Gasteiger partial charge in [0.15, 0.2) is 0 Å². The van der Waals surface area contributed by atoms with Crippen LogP contribution in [0.3, 0.4) is 0 Å². The highest BCUT2D eigenvalue weighted by Crippen LogP contribution is 2.17. The summed E-state index contributed by atoms with van der Waals surface area (Å²) in [5.74, 6) is -1.45. The number of ether oxygens (including phenoxy) is 1. The Kier molecular flexibility index (Phi) is 5.72. The number of nitrogens with two attached hydrogens (primary N) is 1. The van der Waals surface area contributed by atoms with Crippen LogP contribution in [0.5, 0.6) is 0 Å². The van der Waals surface area contributed by atoms with Gasteiger partial charge >= 0.3 is 6.09 Å². The van der Waals surface area contributed by atoms with Crippen molar-refractivity contribution >= 4 is 23.6 Å². The third-order valence-corrected chi connectivity index (χ3v) is 2.72. The van der Waals surface area contributed by atoms with E-state index in [-0.39, 0.29) is 17.1 Å². The zero-order valence-electron chi connectivity index (χ0n) is 10.6. The first kappa shape index (κ1) is 16.2. The lowest BCUT2D eigenvalue weighted by Crippen LogP contribution is -2.44. The van der Waals surface area contributed by atoms with E-state index in [1.54, 1.807) is 0 Å². The molecular weight excluding hydrogens is 291 g/mol. The van der Waals surface area contributed by atoms with Crippen molar-refractivity contribution in [1.82, 2.24) is 5.32 Å². The van der Waals surface area contributed by atoms with E-state index in [0.717, 1.165) is 0 Å². The summed E-state index contributed by atoms with van der Waals surface area (Å²) in [4.78, 5) is 22.4. The van der Waals surface area contributed by atoms with E-state index in [4.69, 9.17) is 17.3 Å². The number of carbonyl (C=O) groups excluding carboxylic acids is 2. The molecule has 2 atom stereocenters. The molecule has 8 heteroatoms. The van der Waals surface area contributed by atoms with Crippen LogP contribution < -0.4 is 11.1 Å². The maximum absolute atomic E-state index is 13.6. The number of aliphatic hydroxyl groups excluding tert-OH is 1. The lowest BCUT2D eigenvalue weighted by atomic mass is 10.2. The Balaban J connectivity index is 2.70. The number of rotatable bonds is 5. The van der Waals surface area contributed by atoms with Crippen LogP contribution >= 0.6 is 11.6 Å². The molecule has 1 aromatic carbocycles. The van der Waals surface area contributed by atoms with E-state index in [0.29, 0.717) is 0 Å². The molecule has 2 amide bonds. The summed E-state index contributed by atoms with van der Waals surface area (Å²) in [6, 6.07) is 4.34. The number of carbonyl (C=O) groups is 2. The molecule has 0 bridgehead atoms. The van der Waals surface area contributed by atoms with E-state index in [1.165, 1.54) is 25.1 Å². The topological polar surface area (TPSA) is 102 Å². The lowest BCUT2D eigenvalue weighted by molar-refractivity contribution is -0.134. The molecule has 20 heavy (non-hydrogen) atoms. The monoisotopic (exact) mass is 304 g/mol. The molecule has 0 aliphatic rings. The number of benzene rings is 1. The minimum atomic E-state index is -1.46. The SMILES string of the molecule is C[C@@H](O)[C@H](OC(N)=O)C(=O)NCc1cccc(Cl)c1F. The second-order valence-electron chi connectivity index (χ2n) is 4.03. The summed E-state index contributed by atoms with van der Waals surface area (Å²) >= 11 is 5.60. The highest BCUT2D eigenvalue weighted by Gasteiger charge is 2.27. The van der Waals surface area contributed by atoms with Crippen LogP contribution in [0.15, 0.2) is 18.2 Å². The van der Waals surface area contributed by atoms with E-state index in [2.05, 4.69) is 10.1 Å². The Morgan fingerprint density at radius 2 is 2.20 bits per heavy atom. The largest absolute Gasteiger partial charge is 0.433 e. The number of amides is 2. The van der Waals surface area contributed by atoms with Crippen molar-refractivity contribution in [2.24, 2.45) is 5.73 Å². The summed E-state index contributed by atoms with van der Waals surface area (Å²) in [6.07, 6.45) is -3.92. The highest BCUT2D eigenvalue weighted by molar-refractivity contribution is 6.30. The molecule has 0 fully saturated rings. The van der Waals surface area contributed by atoms with Gasteiger partial charge < -0.3 is 20.9 Å². The molecule has 0 saturated heterocycles. The third-order valence-electron chi connectivity index (χ3n) is 2.42. The van der Waals surface area contributed by atoms with Gasteiger partial charge in [0.05, 0.1) is 11.1 Å². The van der Waals surface area contributed by atoms with Crippen molar-refractivity contribution in [3.63, 3.8) is 0 Å². The highest BCUT2D eigenvalue weighted by atomic mass is 35.5. The van der Waals surface area contributed by atoms with Gasteiger partial charge in [-0.15, -0.1) is 0 Å². The molecule has 0 unspecified atom stereocenters. The summed E-state index contributed by atoms with van der Waals surface area (Å²) in [7, 11) is 0. The molecule has 6 nitrogen and oxygen atoms in total. The van der Waals surface area contributed by atoms with Crippen molar-refractivity contribution < 1.29 is 23.8 Å². The van der Waals surface area contributed by atoms with Gasteiger partial charge in [-0.3, -0.25) is 4.79 Å². The van der Waals surface area contributed by atoms with Crippen LogP contribution in [0.1, 0.15) is 12.5 Å². The fraction of sp³-hybridized carbons (Fsp3) is 0.333. The Labute approximate surface area is 119 Å². The van der Waals surface area contributed by atoms with Crippen molar-refractivity contribution in [1.29, 1.82) is 0 Å². The van der Waals surface area contributed by atoms with Crippen LogP contribution in [-0.4, -0.2) is 29.3 Å². The number of primary amides is 1. The van der Waals surface area contributed by atoms with Gasteiger partial charge in [-0.05, 0) is 13.0 Å². The number of hydrogen-bond acceptors (Lipinski definition) is 4. The van der Waals surface area contributed by atoms with Gasteiger partial charge in [0.25, 0.3) is 5.91 Å². The minimum absolute atomic E-state index is 0.0720. The van der Waals surface area contributed by atoms with Crippen molar-refractivity contribution in [2.45, 2.75) is 25.7 Å². The fourth-order valence-corrected chi connectivity index (χ4v) is 1.66. The van der Waals surface area contributed by atoms with E-state index in [1.807, 2.05) is 0 Å². The molecular formula is C12H14ClFN2O4. The predicted octanol–water partition coefficient (Wildman–Crippen LogP) is 0.940. The van der Waals surface area contributed by atoms with Gasteiger partial charge in [0.1, 0.15) is 5.82 Å². The molecule has 0 aliphatic heterocycles. The van der Waals surface area contributed by atoms with Crippen LogP contribution in [0, 0.1) is 5.82 Å². The zero-order valence-corrected chi connectivity index (χ0v) is 11.4. The van der Waals surface area contributed by atoms with Crippen molar-refractivity contribution in [3.8, 4) is 0 Å². The second-order valence-corrected chi connectivity index (χ2v) is 4.44. The molecule has 110 valence electrons. The normalized spacial score (nSPS) is 13.4. The number of hydrogen-bond donors (Lipinski definition) is 3. The number of halogens is 2. The summed E-state index contributed by atoms with van der Waals surface area (Å²) < 4.78 is 18.1. The van der Waals surface area contributed by atoms with Crippen molar-refractivity contribution in [3.05, 3.63) is 34.6 Å². The van der Waals surface area contributed by atoms with Crippen LogP contribution in [0.4, 0.5) is 9.18 Å². The standard InChI is InChI=1S/C12H14ClFN2O4/c1-6(17)10(20-12(15)19)11(18)16-5-7-3-2-4-8(13)9(7)14/h2-4,6,10,17H,5H2,1H3,(H2,15,19)(H,16,18)/t6-,10+/m1/s1. The Morgan fingerprint density at radius 1 is 1.55 bits per heavy atom. The van der Waals surface area contributed by atoms with Crippen LogP contribution in [0.2, 0.25) is 5.02 Å². The van der Waals surface area contributed by atoms with E-state index < -0.39 is 30.0 Å². The predicted molar refractivity (Wildman–Crippen MR) is 69.4 cm³/mol. The van der Waals surface area contributed by atoms with Gasteiger partial charge in [0, 0.05) is 12.1 Å². The molecule has 0 radical (unpaired) electrons. The average Bonchev–Trinajstić information content (AvgIpc) is 2.37. The Hall–Kier alpha value is -1.86. The van der Waals surface area contributed by atoms with Gasteiger partial charge in [-0.25, -0.2) is 9.18 Å². The fourth-order valence-electron chi connectivity index (χ4n) is 1.46. The van der Waals surface area contributed by atoms with E-state index >= 15 is 0 Å². The van der Waals surface area contributed by atoms with Gasteiger partial charge in [-0.1, -0.05) is 23.7 Å². The first-order valence-corrected chi connectivity index (χ1v) is 6.05.